The number of hydrogen-bond donors (Lipinski definition) is 0. The van der Waals surface area contributed by atoms with Crippen molar-refractivity contribution in [1.29, 1.82) is 0 Å². The van der Waals surface area contributed by atoms with Crippen LogP contribution in [0.4, 0.5) is 0 Å². The summed E-state index contributed by atoms with van der Waals surface area (Å²) in [5.74, 6) is -1.08. The van der Waals surface area contributed by atoms with Crippen LogP contribution in [0, 0.1) is 11.8 Å². The van der Waals surface area contributed by atoms with Crippen LogP contribution in [0.25, 0.3) is 0 Å². The summed E-state index contributed by atoms with van der Waals surface area (Å²) in [6, 6.07) is 0. The Labute approximate surface area is 128 Å². The van der Waals surface area contributed by atoms with Crippen LogP contribution < -0.4 is 0 Å². The van der Waals surface area contributed by atoms with Crippen molar-refractivity contribution in [1.82, 2.24) is 0 Å². The van der Waals surface area contributed by atoms with Crippen molar-refractivity contribution in [3.8, 4) is 0 Å². The Morgan fingerprint density at radius 2 is 1.48 bits per heavy atom. The molecule has 2 atom stereocenters. The molecule has 4 nitrogen and oxygen atoms in total. The third-order valence-corrected chi connectivity index (χ3v) is 4.31. The summed E-state index contributed by atoms with van der Waals surface area (Å²) in [6.07, 6.45) is 10.5. The van der Waals surface area contributed by atoms with Gasteiger partial charge in [-0.15, -0.1) is 0 Å². The van der Waals surface area contributed by atoms with Gasteiger partial charge in [-0.1, -0.05) is 51.9 Å². The van der Waals surface area contributed by atoms with Gasteiger partial charge in [-0.3, -0.25) is 9.59 Å². The first-order valence-electron chi connectivity index (χ1n) is 8.45. The number of rotatable bonds is 9. The molecule has 0 aromatic carbocycles. The molecule has 1 rings (SSSR count). The van der Waals surface area contributed by atoms with Crippen LogP contribution in [0.5, 0.6) is 0 Å². The Balaban J connectivity index is 2.24. The Bertz CT molecular complexity index is 314. The summed E-state index contributed by atoms with van der Waals surface area (Å²) < 4.78 is 10.2. The molecular formula is C17H30O4. The van der Waals surface area contributed by atoms with E-state index < -0.39 is 0 Å². The Morgan fingerprint density at radius 3 is 2.10 bits per heavy atom. The fraction of sp³-hybridized carbons (Fsp3) is 0.882. The van der Waals surface area contributed by atoms with Gasteiger partial charge in [0.25, 0.3) is 0 Å². The quantitative estimate of drug-likeness (QED) is 0.479. The second-order valence-electron chi connectivity index (χ2n) is 5.96. The first kappa shape index (κ1) is 18.0. The molecule has 4 heteroatoms. The largest absolute Gasteiger partial charge is 0.469 e. The van der Waals surface area contributed by atoms with Crippen molar-refractivity contribution >= 4 is 11.9 Å². The van der Waals surface area contributed by atoms with Gasteiger partial charge in [-0.2, -0.15) is 0 Å². The van der Waals surface area contributed by atoms with Gasteiger partial charge in [-0.05, 0) is 19.3 Å². The minimum atomic E-state index is -0.305. The lowest BCUT2D eigenvalue weighted by Crippen LogP contribution is -2.34. The summed E-state index contributed by atoms with van der Waals surface area (Å²) in [4.78, 5) is 23.9. The van der Waals surface area contributed by atoms with E-state index >= 15 is 0 Å². The van der Waals surface area contributed by atoms with E-state index in [4.69, 9.17) is 9.47 Å². The number of carbonyl (C=O) groups excluding carboxylic acids is 2. The molecule has 2 unspecified atom stereocenters. The lowest BCUT2D eigenvalue weighted by Gasteiger charge is -2.27. The number of methoxy groups -OCH3 is 1. The molecule has 0 amide bonds. The van der Waals surface area contributed by atoms with Gasteiger partial charge in [0.1, 0.15) is 0 Å². The van der Waals surface area contributed by atoms with Crippen molar-refractivity contribution in [2.75, 3.05) is 13.7 Å². The molecule has 0 spiro atoms. The van der Waals surface area contributed by atoms with Crippen molar-refractivity contribution in [3.63, 3.8) is 0 Å². The second kappa shape index (κ2) is 10.6. The number of unbranched alkanes of at least 4 members (excludes halogenated alkanes) is 5. The predicted molar refractivity (Wildman–Crippen MR) is 81.8 cm³/mol. The van der Waals surface area contributed by atoms with Crippen LogP contribution >= 0.6 is 0 Å². The van der Waals surface area contributed by atoms with E-state index in [1.165, 1.54) is 32.8 Å². The van der Waals surface area contributed by atoms with E-state index in [1.807, 2.05) is 0 Å². The average Bonchev–Trinajstić information content (AvgIpc) is 2.53. The van der Waals surface area contributed by atoms with Crippen molar-refractivity contribution in [2.24, 2.45) is 11.8 Å². The molecule has 1 saturated carbocycles. The Hall–Kier alpha value is -1.06. The zero-order valence-corrected chi connectivity index (χ0v) is 13.6. The second-order valence-corrected chi connectivity index (χ2v) is 5.96. The molecule has 21 heavy (non-hydrogen) atoms. The van der Waals surface area contributed by atoms with Gasteiger partial charge in [0.2, 0.25) is 0 Å². The molecular weight excluding hydrogens is 268 g/mol. The molecule has 1 aliphatic rings. The van der Waals surface area contributed by atoms with Crippen LogP contribution in [-0.2, 0) is 19.1 Å². The lowest BCUT2D eigenvalue weighted by molar-refractivity contribution is -0.161. The van der Waals surface area contributed by atoms with Crippen LogP contribution in [0.1, 0.15) is 71.1 Å². The lowest BCUT2D eigenvalue weighted by atomic mass is 9.79. The maximum Gasteiger partial charge on any atom is 0.309 e. The maximum absolute atomic E-state index is 12.1. The zero-order valence-electron chi connectivity index (χ0n) is 13.6. The van der Waals surface area contributed by atoms with Gasteiger partial charge >= 0.3 is 11.9 Å². The summed E-state index contributed by atoms with van der Waals surface area (Å²) in [5.41, 5.74) is 0. The van der Waals surface area contributed by atoms with E-state index in [0.717, 1.165) is 38.5 Å². The van der Waals surface area contributed by atoms with Gasteiger partial charge < -0.3 is 9.47 Å². The number of esters is 2. The highest BCUT2D eigenvalue weighted by atomic mass is 16.5. The van der Waals surface area contributed by atoms with Gasteiger partial charge in [0.15, 0.2) is 0 Å². The molecule has 0 N–H and O–H groups in total. The first-order valence-corrected chi connectivity index (χ1v) is 8.45. The molecule has 0 radical (unpaired) electrons. The molecule has 122 valence electrons. The smallest absolute Gasteiger partial charge is 0.309 e. The normalized spacial score (nSPS) is 21.8. The molecule has 1 aliphatic carbocycles. The van der Waals surface area contributed by atoms with Crippen LogP contribution in [0.15, 0.2) is 0 Å². The third kappa shape index (κ3) is 6.49. The highest BCUT2D eigenvalue weighted by molar-refractivity contribution is 5.82. The first-order chi connectivity index (χ1) is 10.2. The number of carbonyl (C=O) groups is 2. The van der Waals surface area contributed by atoms with E-state index in [9.17, 15) is 9.59 Å². The van der Waals surface area contributed by atoms with Crippen LogP contribution in [-0.4, -0.2) is 25.7 Å². The molecule has 0 aliphatic heterocycles. The van der Waals surface area contributed by atoms with Gasteiger partial charge in [-0.25, -0.2) is 0 Å². The van der Waals surface area contributed by atoms with Crippen molar-refractivity contribution < 1.29 is 19.1 Å². The van der Waals surface area contributed by atoms with Gasteiger partial charge in [0.05, 0.1) is 25.6 Å². The minimum Gasteiger partial charge on any atom is -0.469 e. The Morgan fingerprint density at radius 1 is 0.905 bits per heavy atom. The fourth-order valence-electron chi connectivity index (χ4n) is 3.01. The summed E-state index contributed by atoms with van der Waals surface area (Å²) >= 11 is 0. The van der Waals surface area contributed by atoms with Gasteiger partial charge in [0, 0.05) is 0 Å². The molecule has 0 heterocycles. The van der Waals surface area contributed by atoms with Crippen LogP contribution in [0.2, 0.25) is 0 Å². The summed E-state index contributed by atoms with van der Waals surface area (Å²) in [5, 5.41) is 0. The molecule has 0 saturated heterocycles. The number of ether oxygens (including phenoxy) is 2. The standard InChI is InChI=1S/C17H30O4/c1-3-4-5-6-7-10-13-21-17(19)15-12-9-8-11-14(15)16(18)20-2/h14-15H,3-13H2,1-2H3. The molecule has 1 fully saturated rings. The zero-order chi connectivity index (χ0) is 15.5. The summed E-state index contributed by atoms with van der Waals surface area (Å²) in [7, 11) is 1.38. The predicted octanol–water partition coefficient (Wildman–Crippen LogP) is 3.87. The van der Waals surface area contributed by atoms with E-state index in [2.05, 4.69) is 6.92 Å². The monoisotopic (exact) mass is 298 g/mol. The highest BCUT2D eigenvalue weighted by Gasteiger charge is 2.37. The molecule has 0 bridgehead atoms. The maximum atomic E-state index is 12.1. The summed E-state index contributed by atoms with van der Waals surface area (Å²) in [6.45, 7) is 2.68. The molecule has 0 aromatic rings. The fourth-order valence-corrected chi connectivity index (χ4v) is 3.01. The third-order valence-electron chi connectivity index (χ3n) is 4.31. The number of hydrogen-bond acceptors (Lipinski definition) is 4. The average molecular weight is 298 g/mol. The van der Waals surface area contributed by atoms with E-state index in [1.54, 1.807) is 0 Å². The van der Waals surface area contributed by atoms with Crippen molar-refractivity contribution in [3.05, 3.63) is 0 Å². The van der Waals surface area contributed by atoms with E-state index in [-0.39, 0.29) is 23.8 Å². The Kier molecular flexibility index (Phi) is 9.11. The molecule has 0 aromatic heterocycles. The SMILES string of the molecule is CCCCCCCCOC(=O)C1CCCCC1C(=O)OC. The van der Waals surface area contributed by atoms with Crippen molar-refractivity contribution in [2.45, 2.75) is 71.1 Å². The topological polar surface area (TPSA) is 52.6 Å². The highest BCUT2D eigenvalue weighted by Crippen LogP contribution is 2.31. The van der Waals surface area contributed by atoms with Crippen LogP contribution in [0.3, 0.4) is 0 Å². The minimum absolute atomic E-state index is 0.210. The van der Waals surface area contributed by atoms with E-state index in [0.29, 0.717) is 6.61 Å².